The van der Waals surface area contributed by atoms with Gasteiger partial charge in [-0.2, -0.15) is 0 Å². The van der Waals surface area contributed by atoms with Gasteiger partial charge >= 0.3 is 0 Å². The van der Waals surface area contributed by atoms with Crippen molar-refractivity contribution >= 4 is 0 Å². The van der Waals surface area contributed by atoms with Crippen molar-refractivity contribution in [3.05, 3.63) is 47.8 Å². The Balaban J connectivity index is 1.77. The molecule has 2 heterocycles. The molecule has 1 fully saturated rings. The zero-order valence-electron chi connectivity index (χ0n) is 17.6. The van der Waals surface area contributed by atoms with Crippen molar-refractivity contribution in [2.75, 3.05) is 60.7 Å². The molecule has 158 valence electrons. The van der Waals surface area contributed by atoms with E-state index in [4.69, 9.17) is 18.9 Å². The molecule has 1 aromatic heterocycles. The maximum Gasteiger partial charge on any atom is 0.164 e. The molecule has 0 aliphatic carbocycles. The predicted molar refractivity (Wildman–Crippen MR) is 112 cm³/mol. The fourth-order valence-corrected chi connectivity index (χ4v) is 3.53. The van der Waals surface area contributed by atoms with E-state index < -0.39 is 0 Å². The second-order valence-corrected chi connectivity index (χ2v) is 7.04. The van der Waals surface area contributed by atoms with Gasteiger partial charge in [0.15, 0.2) is 11.5 Å². The molecule has 2 aromatic rings. The number of pyridine rings is 1. The van der Waals surface area contributed by atoms with Crippen molar-refractivity contribution in [1.82, 2.24) is 14.8 Å². The molecule has 0 atom stereocenters. The first-order valence-electron chi connectivity index (χ1n) is 9.93. The fraction of sp³-hybridized carbons (Fsp3) is 0.500. The third kappa shape index (κ3) is 6.06. The Kier molecular flexibility index (Phi) is 8.10. The van der Waals surface area contributed by atoms with Gasteiger partial charge in [0.2, 0.25) is 0 Å². The van der Waals surface area contributed by atoms with Crippen molar-refractivity contribution < 1.29 is 18.9 Å². The number of hydrogen-bond acceptors (Lipinski definition) is 7. The minimum absolute atomic E-state index is 0.667. The molecule has 0 spiro atoms. The van der Waals surface area contributed by atoms with E-state index in [9.17, 15) is 0 Å². The molecule has 0 N–H and O–H groups in total. The summed E-state index contributed by atoms with van der Waals surface area (Å²) in [5.41, 5.74) is 2.25. The molecule has 0 unspecified atom stereocenters. The van der Waals surface area contributed by atoms with Gasteiger partial charge in [-0.3, -0.25) is 14.8 Å². The average molecular weight is 402 g/mol. The minimum atomic E-state index is 0.667. The van der Waals surface area contributed by atoms with Crippen LogP contribution < -0.4 is 14.2 Å². The third-order valence-corrected chi connectivity index (χ3v) is 5.15. The highest BCUT2D eigenvalue weighted by molar-refractivity contribution is 5.50. The zero-order chi connectivity index (χ0) is 20.5. The Morgan fingerprint density at radius 1 is 1.00 bits per heavy atom. The molecule has 1 saturated heterocycles. The van der Waals surface area contributed by atoms with Gasteiger partial charge in [-0.1, -0.05) is 6.07 Å². The topological polar surface area (TPSA) is 56.3 Å². The molecule has 3 rings (SSSR count). The van der Waals surface area contributed by atoms with Crippen molar-refractivity contribution in [3.8, 4) is 17.2 Å². The number of hydrogen-bond donors (Lipinski definition) is 0. The van der Waals surface area contributed by atoms with Crippen molar-refractivity contribution in [1.29, 1.82) is 0 Å². The lowest BCUT2D eigenvalue weighted by Crippen LogP contribution is -2.41. The van der Waals surface area contributed by atoms with Crippen molar-refractivity contribution in [2.24, 2.45) is 0 Å². The first kappa shape index (κ1) is 21.4. The number of ether oxygens (including phenoxy) is 4. The Bertz CT molecular complexity index is 751. The lowest BCUT2D eigenvalue weighted by atomic mass is 10.1. The van der Waals surface area contributed by atoms with Crippen LogP contribution in [0.5, 0.6) is 17.2 Å². The molecule has 0 amide bonds. The zero-order valence-corrected chi connectivity index (χ0v) is 17.6. The normalized spacial score (nSPS) is 14.8. The first-order chi connectivity index (χ1) is 14.2. The Morgan fingerprint density at radius 2 is 1.72 bits per heavy atom. The van der Waals surface area contributed by atoms with Crippen molar-refractivity contribution in [2.45, 2.75) is 13.1 Å². The van der Waals surface area contributed by atoms with Gasteiger partial charge in [-0.15, -0.1) is 0 Å². The maximum atomic E-state index is 5.63. The largest absolute Gasteiger partial charge is 0.496 e. The summed E-state index contributed by atoms with van der Waals surface area (Å²) in [6.07, 6.45) is 3.73. The Morgan fingerprint density at radius 3 is 2.38 bits per heavy atom. The van der Waals surface area contributed by atoms with Crippen LogP contribution >= 0.6 is 0 Å². The Labute approximate surface area is 173 Å². The van der Waals surface area contributed by atoms with Crippen LogP contribution in [0.25, 0.3) is 0 Å². The van der Waals surface area contributed by atoms with E-state index >= 15 is 0 Å². The van der Waals surface area contributed by atoms with Crippen LogP contribution in [0.4, 0.5) is 0 Å². The maximum absolute atomic E-state index is 5.63. The molecule has 1 aliphatic rings. The third-order valence-electron chi connectivity index (χ3n) is 5.15. The van der Waals surface area contributed by atoms with E-state index in [1.54, 1.807) is 27.5 Å². The molecule has 0 radical (unpaired) electrons. The van der Waals surface area contributed by atoms with E-state index in [2.05, 4.69) is 20.9 Å². The Hall–Kier alpha value is -2.35. The van der Waals surface area contributed by atoms with E-state index in [1.807, 2.05) is 24.4 Å². The van der Waals surface area contributed by atoms with Crippen LogP contribution in [0.3, 0.4) is 0 Å². The van der Waals surface area contributed by atoms with Gasteiger partial charge in [0, 0.05) is 63.3 Å². The monoisotopic (exact) mass is 401 g/mol. The SMILES string of the molecule is COc1cc(OC)c(OC)cc1CN(CCN1CCOCC1)Cc1cccnc1. The molecule has 0 saturated carbocycles. The molecule has 0 bridgehead atoms. The number of methoxy groups -OCH3 is 3. The number of benzene rings is 1. The summed E-state index contributed by atoms with van der Waals surface area (Å²) in [6, 6.07) is 7.98. The molecule has 1 aliphatic heterocycles. The molecule has 7 nitrogen and oxygen atoms in total. The highest BCUT2D eigenvalue weighted by atomic mass is 16.5. The van der Waals surface area contributed by atoms with Crippen LogP contribution in [0.1, 0.15) is 11.1 Å². The van der Waals surface area contributed by atoms with Gasteiger partial charge in [0.25, 0.3) is 0 Å². The van der Waals surface area contributed by atoms with Crippen LogP contribution in [0.2, 0.25) is 0 Å². The lowest BCUT2D eigenvalue weighted by Gasteiger charge is -2.30. The molecule has 29 heavy (non-hydrogen) atoms. The van der Waals surface area contributed by atoms with Crippen molar-refractivity contribution in [3.63, 3.8) is 0 Å². The second-order valence-electron chi connectivity index (χ2n) is 7.04. The highest BCUT2D eigenvalue weighted by Crippen LogP contribution is 2.35. The summed E-state index contributed by atoms with van der Waals surface area (Å²) in [5, 5.41) is 0. The first-order valence-corrected chi connectivity index (χ1v) is 9.93. The summed E-state index contributed by atoms with van der Waals surface area (Å²) >= 11 is 0. The van der Waals surface area contributed by atoms with E-state index in [1.165, 1.54) is 5.56 Å². The smallest absolute Gasteiger partial charge is 0.164 e. The van der Waals surface area contributed by atoms with Crippen LogP contribution in [-0.4, -0.2) is 75.5 Å². The number of aromatic nitrogens is 1. The van der Waals surface area contributed by atoms with Gasteiger partial charge in [0.1, 0.15) is 5.75 Å². The van der Waals surface area contributed by atoms with E-state index in [0.29, 0.717) is 11.5 Å². The van der Waals surface area contributed by atoms with Crippen LogP contribution in [0.15, 0.2) is 36.7 Å². The molecule has 1 aromatic carbocycles. The van der Waals surface area contributed by atoms with Crippen LogP contribution in [-0.2, 0) is 17.8 Å². The predicted octanol–water partition coefficient (Wildman–Crippen LogP) is 2.44. The quantitative estimate of drug-likeness (QED) is 0.606. The highest BCUT2D eigenvalue weighted by Gasteiger charge is 2.17. The van der Waals surface area contributed by atoms with Gasteiger partial charge < -0.3 is 18.9 Å². The molecular formula is C22H31N3O4. The average Bonchev–Trinajstić information content (AvgIpc) is 2.78. The number of rotatable bonds is 10. The lowest BCUT2D eigenvalue weighted by molar-refractivity contribution is 0.0324. The molecular weight excluding hydrogens is 370 g/mol. The summed E-state index contributed by atoms with van der Waals surface area (Å²) in [6.45, 7) is 7.09. The van der Waals surface area contributed by atoms with E-state index in [-0.39, 0.29) is 0 Å². The van der Waals surface area contributed by atoms with Gasteiger partial charge in [-0.05, 0) is 17.7 Å². The van der Waals surface area contributed by atoms with Gasteiger partial charge in [-0.25, -0.2) is 0 Å². The summed E-state index contributed by atoms with van der Waals surface area (Å²) in [5.74, 6) is 2.17. The van der Waals surface area contributed by atoms with E-state index in [0.717, 1.165) is 63.8 Å². The summed E-state index contributed by atoms with van der Waals surface area (Å²) < 4.78 is 22.0. The van der Waals surface area contributed by atoms with Gasteiger partial charge in [0.05, 0.1) is 34.5 Å². The van der Waals surface area contributed by atoms with Crippen LogP contribution in [0, 0.1) is 0 Å². The summed E-state index contributed by atoms with van der Waals surface area (Å²) in [4.78, 5) is 9.13. The summed E-state index contributed by atoms with van der Waals surface area (Å²) in [7, 11) is 4.97. The minimum Gasteiger partial charge on any atom is -0.496 e. The standard InChI is InChI=1S/C22H31N3O4/c1-26-20-14-22(28-3)21(27-2)13-19(20)17-25(16-18-5-4-6-23-15-18)8-7-24-9-11-29-12-10-24/h4-6,13-15H,7-12,16-17H2,1-3H3. The molecule has 7 heteroatoms. The second kappa shape index (κ2) is 11.0. The fourth-order valence-electron chi connectivity index (χ4n) is 3.53. The number of nitrogens with zero attached hydrogens (tertiary/aromatic N) is 3. The number of morpholine rings is 1.